The fraction of sp³-hybridized carbons (Fsp3) is 0.562. The summed E-state index contributed by atoms with van der Waals surface area (Å²) in [5.74, 6) is 1.13. The SMILES string of the molecule is CCOc1ccc(OCC)c(NC(=O)[C@@H]2CC[C@H](CN)O2)c1.Cl. The molecule has 0 unspecified atom stereocenters. The van der Waals surface area contributed by atoms with Crippen LogP contribution in [-0.4, -0.2) is 37.9 Å². The second kappa shape index (κ2) is 9.60. The molecule has 6 nitrogen and oxygen atoms in total. The smallest absolute Gasteiger partial charge is 0.253 e. The predicted octanol–water partition coefficient (Wildman–Crippen LogP) is 2.35. The maximum absolute atomic E-state index is 12.3. The first kappa shape index (κ1) is 19.5. The first-order valence-electron chi connectivity index (χ1n) is 7.74. The Morgan fingerprint density at radius 2 is 2.04 bits per heavy atom. The zero-order valence-electron chi connectivity index (χ0n) is 13.5. The van der Waals surface area contributed by atoms with E-state index in [-0.39, 0.29) is 24.4 Å². The standard InChI is InChI=1S/C16H24N2O4.ClH/c1-3-20-11-5-7-14(21-4-2)13(9-11)18-16(19)15-8-6-12(10-17)22-15;/h5,7,9,12,15H,3-4,6,8,10,17H2,1-2H3,(H,18,19);1H/t12-,15+;/m1./s1. The summed E-state index contributed by atoms with van der Waals surface area (Å²) in [6, 6.07) is 5.38. The van der Waals surface area contributed by atoms with Crippen LogP contribution in [0.5, 0.6) is 11.5 Å². The molecule has 23 heavy (non-hydrogen) atoms. The number of rotatable bonds is 7. The van der Waals surface area contributed by atoms with Crippen molar-refractivity contribution in [2.45, 2.75) is 38.9 Å². The number of carbonyl (C=O) groups excluding carboxylic acids is 1. The normalized spacial score (nSPS) is 19.8. The van der Waals surface area contributed by atoms with Crippen molar-refractivity contribution in [3.63, 3.8) is 0 Å². The average Bonchev–Trinajstić information content (AvgIpc) is 2.99. The van der Waals surface area contributed by atoms with Gasteiger partial charge in [0, 0.05) is 12.6 Å². The summed E-state index contributed by atoms with van der Waals surface area (Å²) in [5.41, 5.74) is 6.17. The second-order valence-corrected chi connectivity index (χ2v) is 5.07. The van der Waals surface area contributed by atoms with Gasteiger partial charge in [0.15, 0.2) is 0 Å². The lowest BCUT2D eigenvalue weighted by atomic mass is 10.2. The summed E-state index contributed by atoms with van der Waals surface area (Å²) in [4.78, 5) is 12.3. The van der Waals surface area contributed by atoms with Crippen LogP contribution in [0.1, 0.15) is 26.7 Å². The van der Waals surface area contributed by atoms with E-state index in [9.17, 15) is 4.79 Å². The summed E-state index contributed by atoms with van der Waals surface area (Å²) in [6.07, 6.45) is 1.00. The number of nitrogens with two attached hydrogens (primary N) is 1. The Bertz CT molecular complexity index is 513. The van der Waals surface area contributed by atoms with E-state index in [1.807, 2.05) is 19.9 Å². The highest BCUT2D eigenvalue weighted by atomic mass is 35.5. The average molecular weight is 345 g/mol. The Balaban J connectivity index is 0.00000264. The van der Waals surface area contributed by atoms with Crippen molar-refractivity contribution in [1.29, 1.82) is 0 Å². The van der Waals surface area contributed by atoms with Gasteiger partial charge >= 0.3 is 0 Å². The van der Waals surface area contributed by atoms with E-state index in [2.05, 4.69) is 5.32 Å². The Hall–Kier alpha value is -1.50. The van der Waals surface area contributed by atoms with E-state index in [0.717, 1.165) is 6.42 Å². The van der Waals surface area contributed by atoms with Gasteiger partial charge in [0.1, 0.15) is 17.6 Å². The molecule has 1 saturated heterocycles. The van der Waals surface area contributed by atoms with Gasteiger partial charge in [-0.15, -0.1) is 12.4 Å². The zero-order valence-corrected chi connectivity index (χ0v) is 14.4. The zero-order chi connectivity index (χ0) is 15.9. The number of anilines is 1. The highest BCUT2D eigenvalue weighted by molar-refractivity contribution is 5.95. The number of halogens is 1. The molecule has 0 aliphatic carbocycles. The van der Waals surface area contributed by atoms with E-state index in [1.165, 1.54) is 0 Å². The molecule has 0 aromatic heterocycles. The van der Waals surface area contributed by atoms with Crippen molar-refractivity contribution in [2.75, 3.05) is 25.1 Å². The van der Waals surface area contributed by atoms with Crippen molar-refractivity contribution in [3.05, 3.63) is 18.2 Å². The molecule has 2 rings (SSSR count). The van der Waals surface area contributed by atoms with Crippen LogP contribution >= 0.6 is 12.4 Å². The van der Waals surface area contributed by atoms with Gasteiger partial charge in [-0.1, -0.05) is 0 Å². The van der Waals surface area contributed by atoms with Crippen LogP contribution < -0.4 is 20.5 Å². The van der Waals surface area contributed by atoms with E-state index in [0.29, 0.717) is 43.4 Å². The third kappa shape index (κ3) is 5.27. The Morgan fingerprint density at radius 3 is 2.65 bits per heavy atom. The molecule has 130 valence electrons. The lowest BCUT2D eigenvalue weighted by Crippen LogP contribution is -2.30. The quantitative estimate of drug-likeness (QED) is 0.793. The van der Waals surface area contributed by atoms with Crippen LogP contribution in [0, 0.1) is 0 Å². The molecule has 0 radical (unpaired) electrons. The van der Waals surface area contributed by atoms with Crippen LogP contribution in [0.2, 0.25) is 0 Å². The van der Waals surface area contributed by atoms with Crippen LogP contribution in [0.4, 0.5) is 5.69 Å². The molecule has 2 atom stereocenters. The molecule has 0 saturated carbocycles. The van der Waals surface area contributed by atoms with E-state index >= 15 is 0 Å². The minimum absolute atomic E-state index is 0. The number of benzene rings is 1. The van der Waals surface area contributed by atoms with Crippen molar-refractivity contribution in [2.24, 2.45) is 5.73 Å². The third-order valence-corrected chi connectivity index (χ3v) is 3.48. The topological polar surface area (TPSA) is 82.8 Å². The first-order valence-corrected chi connectivity index (χ1v) is 7.74. The summed E-state index contributed by atoms with van der Waals surface area (Å²) >= 11 is 0. The number of hydrogen-bond donors (Lipinski definition) is 2. The molecule has 1 aromatic rings. The van der Waals surface area contributed by atoms with Crippen LogP contribution in [-0.2, 0) is 9.53 Å². The Labute approximate surface area is 143 Å². The fourth-order valence-electron chi connectivity index (χ4n) is 2.43. The lowest BCUT2D eigenvalue weighted by molar-refractivity contribution is -0.126. The summed E-state index contributed by atoms with van der Waals surface area (Å²) in [5, 5.41) is 2.87. The summed E-state index contributed by atoms with van der Waals surface area (Å²) in [6.45, 7) is 5.33. The van der Waals surface area contributed by atoms with Crippen molar-refractivity contribution >= 4 is 24.0 Å². The minimum Gasteiger partial charge on any atom is -0.494 e. The number of ether oxygens (including phenoxy) is 3. The molecule has 1 heterocycles. The van der Waals surface area contributed by atoms with Crippen molar-refractivity contribution < 1.29 is 19.0 Å². The lowest BCUT2D eigenvalue weighted by Gasteiger charge is -2.16. The van der Waals surface area contributed by atoms with Gasteiger partial charge in [0.2, 0.25) is 0 Å². The number of amides is 1. The van der Waals surface area contributed by atoms with Gasteiger partial charge in [-0.05, 0) is 38.8 Å². The van der Waals surface area contributed by atoms with Crippen molar-refractivity contribution in [1.82, 2.24) is 0 Å². The van der Waals surface area contributed by atoms with Gasteiger partial charge in [-0.3, -0.25) is 4.79 Å². The fourth-order valence-corrected chi connectivity index (χ4v) is 2.43. The second-order valence-electron chi connectivity index (χ2n) is 5.07. The number of carbonyl (C=O) groups is 1. The summed E-state index contributed by atoms with van der Waals surface area (Å²) < 4.78 is 16.6. The van der Waals surface area contributed by atoms with Gasteiger partial charge in [-0.2, -0.15) is 0 Å². The minimum atomic E-state index is -0.459. The maximum Gasteiger partial charge on any atom is 0.253 e. The monoisotopic (exact) mass is 344 g/mol. The number of nitrogens with one attached hydrogen (secondary N) is 1. The third-order valence-electron chi connectivity index (χ3n) is 3.48. The van der Waals surface area contributed by atoms with Crippen LogP contribution in [0.25, 0.3) is 0 Å². The predicted molar refractivity (Wildman–Crippen MR) is 91.6 cm³/mol. The highest BCUT2D eigenvalue weighted by Crippen LogP contribution is 2.30. The maximum atomic E-state index is 12.3. The molecule has 3 N–H and O–H groups in total. The van der Waals surface area contributed by atoms with E-state index in [4.69, 9.17) is 19.9 Å². The molecule has 1 aromatic carbocycles. The molecule has 1 aliphatic heterocycles. The van der Waals surface area contributed by atoms with E-state index < -0.39 is 6.10 Å². The Morgan fingerprint density at radius 1 is 1.30 bits per heavy atom. The van der Waals surface area contributed by atoms with Crippen molar-refractivity contribution in [3.8, 4) is 11.5 Å². The first-order chi connectivity index (χ1) is 10.7. The molecule has 1 fully saturated rings. The molecular formula is C16H25ClN2O4. The molecular weight excluding hydrogens is 320 g/mol. The van der Waals surface area contributed by atoms with Crippen LogP contribution in [0.3, 0.4) is 0 Å². The van der Waals surface area contributed by atoms with Gasteiger partial charge in [0.05, 0.1) is 25.0 Å². The molecule has 0 bridgehead atoms. The van der Waals surface area contributed by atoms with E-state index in [1.54, 1.807) is 12.1 Å². The number of hydrogen-bond acceptors (Lipinski definition) is 5. The molecule has 7 heteroatoms. The van der Waals surface area contributed by atoms with Gasteiger partial charge < -0.3 is 25.3 Å². The van der Waals surface area contributed by atoms with Gasteiger partial charge in [-0.25, -0.2) is 0 Å². The Kier molecular flexibility index (Phi) is 8.16. The van der Waals surface area contributed by atoms with Crippen LogP contribution in [0.15, 0.2) is 18.2 Å². The highest BCUT2D eigenvalue weighted by Gasteiger charge is 2.30. The summed E-state index contributed by atoms with van der Waals surface area (Å²) in [7, 11) is 0. The largest absolute Gasteiger partial charge is 0.494 e. The van der Waals surface area contributed by atoms with Gasteiger partial charge in [0.25, 0.3) is 5.91 Å². The molecule has 1 aliphatic rings. The molecule has 0 spiro atoms. The molecule has 1 amide bonds.